The largest absolute Gasteiger partial charge is 0.439 e. The Bertz CT molecular complexity index is 237. The molecule has 0 heterocycles. The van der Waals surface area contributed by atoms with E-state index in [9.17, 15) is 0 Å². The molecule has 0 aliphatic rings. The molecular weight excluding hydrogens is 280 g/mol. The van der Waals surface area contributed by atoms with Crippen LogP contribution in [0.5, 0.6) is 0 Å². The predicted molar refractivity (Wildman–Crippen MR) is 85.1 cm³/mol. The summed E-state index contributed by atoms with van der Waals surface area (Å²) in [7, 11) is -6.54. The van der Waals surface area contributed by atoms with Crippen LogP contribution in [0.15, 0.2) is 0 Å². The summed E-state index contributed by atoms with van der Waals surface area (Å²) in [5, 5.41) is 0. The standard InChI is InChI=1S/C10H30O3Si4/c1-10-17(9,13-16(6,7)8)12-14(2)11-15(3,4)5/h14H,10H2,1-9H3. The van der Waals surface area contributed by atoms with Gasteiger partial charge in [0.2, 0.25) is 0 Å². The maximum absolute atomic E-state index is 6.29. The summed E-state index contributed by atoms with van der Waals surface area (Å²) in [6, 6.07) is 1.00. The first-order valence-corrected chi connectivity index (χ1v) is 17.9. The van der Waals surface area contributed by atoms with Crippen molar-refractivity contribution in [3.8, 4) is 0 Å². The molecule has 0 saturated heterocycles. The lowest BCUT2D eigenvalue weighted by atomic mass is 11.0. The van der Waals surface area contributed by atoms with Gasteiger partial charge in [-0.05, 0) is 58.4 Å². The van der Waals surface area contributed by atoms with Gasteiger partial charge < -0.3 is 12.3 Å². The molecule has 7 heteroatoms. The van der Waals surface area contributed by atoms with Gasteiger partial charge in [-0.1, -0.05) is 6.92 Å². The molecule has 0 aromatic carbocycles. The molecule has 0 amide bonds. The second-order valence-corrected chi connectivity index (χ2v) is 21.9. The Kier molecular flexibility index (Phi) is 6.54. The van der Waals surface area contributed by atoms with E-state index in [0.717, 1.165) is 6.04 Å². The van der Waals surface area contributed by atoms with Gasteiger partial charge in [0.05, 0.1) is 0 Å². The predicted octanol–water partition coefficient (Wildman–Crippen LogP) is 3.65. The SMILES string of the molecule is CC[Si](C)(O[SiH](C)O[Si](C)(C)C)O[Si](C)(C)C. The Morgan fingerprint density at radius 2 is 1.29 bits per heavy atom. The molecule has 0 aliphatic carbocycles. The fourth-order valence-corrected chi connectivity index (χ4v) is 16.2. The molecule has 2 atom stereocenters. The van der Waals surface area contributed by atoms with E-state index < -0.39 is 34.5 Å². The van der Waals surface area contributed by atoms with E-state index in [1.165, 1.54) is 0 Å². The summed E-state index contributed by atoms with van der Waals surface area (Å²) in [6.07, 6.45) is 0. The molecule has 0 saturated carbocycles. The van der Waals surface area contributed by atoms with E-state index in [-0.39, 0.29) is 0 Å². The molecular formula is C10H30O3Si4. The first-order valence-electron chi connectivity index (χ1n) is 6.43. The van der Waals surface area contributed by atoms with Crippen molar-refractivity contribution in [1.82, 2.24) is 0 Å². The van der Waals surface area contributed by atoms with Crippen LogP contribution in [-0.4, -0.2) is 34.5 Å². The molecule has 0 aromatic heterocycles. The Morgan fingerprint density at radius 1 is 0.824 bits per heavy atom. The monoisotopic (exact) mass is 310 g/mol. The lowest BCUT2D eigenvalue weighted by Crippen LogP contribution is -2.51. The highest BCUT2D eigenvalue weighted by Crippen LogP contribution is 2.21. The first-order chi connectivity index (χ1) is 7.37. The fourth-order valence-electron chi connectivity index (χ4n) is 1.70. The molecule has 0 N–H and O–H groups in total. The molecule has 0 fully saturated rings. The van der Waals surface area contributed by atoms with Crippen LogP contribution < -0.4 is 0 Å². The molecule has 2 unspecified atom stereocenters. The molecule has 0 bridgehead atoms. The van der Waals surface area contributed by atoms with Gasteiger partial charge >= 0.3 is 8.56 Å². The Labute approximate surface area is 112 Å². The lowest BCUT2D eigenvalue weighted by Gasteiger charge is -2.36. The Balaban J connectivity index is 4.48. The molecule has 0 spiro atoms. The van der Waals surface area contributed by atoms with Gasteiger partial charge in [-0.25, -0.2) is 0 Å². The van der Waals surface area contributed by atoms with Crippen molar-refractivity contribution in [2.24, 2.45) is 0 Å². The molecule has 3 nitrogen and oxygen atoms in total. The third-order valence-electron chi connectivity index (χ3n) is 2.10. The van der Waals surface area contributed by atoms with Crippen molar-refractivity contribution < 1.29 is 12.3 Å². The van der Waals surface area contributed by atoms with Gasteiger partial charge in [0.1, 0.15) is 0 Å². The van der Waals surface area contributed by atoms with Crippen LogP contribution in [0.1, 0.15) is 6.92 Å². The van der Waals surface area contributed by atoms with E-state index in [4.69, 9.17) is 12.3 Å². The minimum Gasteiger partial charge on any atom is -0.439 e. The summed E-state index contributed by atoms with van der Waals surface area (Å²) >= 11 is 0. The number of hydrogen-bond acceptors (Lipinski definition) is 3. The van der Waals surface area contributed by atoms with Crippen molar-refractivity contribution in [3.63, 3.8) is 0 Å². The quantitative estimate of drug-likeness (QED) is 0.672. The van der Waals surface area contributed by atoms with E-state index in [1.54, 1.807) is 0 Å². The average molecular weight is 311 g/mol. The molecule has 0 aliphatic heterocycles. The number of rotatable bonds is 7. The summed E-state index contributed by atoms with van der Waals surface area (Å²) in [6.45, 7) is 19.8. The highest BCUT2D eigenvalue weighted by atomic mass is 28.5. The van der Waals surface area contributed by atoms with E-state index in [2.05, 4.69) is 59.3 Å². The molecule has 104 valence electrons. The van der Waals surface area contributed by atoms with Crippen molar-refractivity contribution in [3.05, 3.63) is 0 Å². The third kappa shape index (κ3) is 9.34. The van der Waals surface area contributed by atoms with Gasteiger partial charge in [0.25, 0.3) is 9.28 Å². The first kappa shape index (κ1) is 17.7. The van der Waals surface area contributed by atoms with Crippen LogP contribution in [0.25, 0.3) is 0 Å². The Hall–Kier alpha value is 0.748. The van der Waals surface area contributed by atoms with E-state index in [0.29, 0.717) is 0 Å². The summed E-state index contributed by atoms with van der Waals surface area (Å²) < 4.78 is 18.6. The van der Waals surface area contributed by atoms with Crippen LogP contribution >= 0.6 is 0 Å². The topological polar surface area (TPSA) is 27.7 Å². The molecule has 0 rings (SSSR count). The van der Waals surface area contributed by atoms with Crippen LogP contribution in [0, 0.1) is 0 Å². The maximum atomic E-state index is 6.29. The second kappa shape index (κ2) is 6.26. The summed E-state index contributed by atoms with van der Waals surface area (Å²) in [5.41, 5.74) is 0. The van der Waals surface area contributed by atoms with Crippen LogP contribution in [-0.2, 0) is 12.3 Å². The normalized spacial score (nSPS) is 18.9. The summed E-state index contributed by atoms with van der Waals surface area (Å²) in [5.74, 6) is 0. The summed E-state index contributed by atoms with van der Waals surface area (Å²) in [4.78, 5) is 0. The van der Waals surface area contributed by atoms with Gasteiger partial charge in [0, 0.05) is 0 Å². The van der Waals surface area contributed by atoms with Gasteiger partial charge in [-0.2, -0.15) is 0 Å². The van der Waals surface area contributed by atoms with Gasteiger partial charge in [-0.15, -0.1) is 0 Å². The molecule has 17 heavy (non-hydrogen) atoms. The van der Waals surface area contributed by atoms with Crippen molar-refractivity contribution in [1.29, 1.82) is 0 Å². The smallest absolute Gasteiger partial charge is 0.315 e. The van der Waals surface area contributed by atoms with E-state index >= 15 is 0 Å². The molecule has 0 aromatic rings. The maximum Gasteiger partial charge on any atom is 0.315 e. The number of hydrogen-bond donors (Lipinski definition) is 0. The van der Waals surface area contributed by atoms with Crippen molar-refractivity contribution >= 4 is 34.5 Å². The van der Waals surface area contributed by atoms with Crippen LogP contribution in [0.4, 0.5) is 0 Å². The minimum absolute atomic E-state index is 1.00. The zero-order chi connectivity index (χ0) is 13.9. The average Bonchev–Trinajstić information content (AvgIpc) is 1.95. The zero-order valence-electron chi connectivity index (χ0n) is 13.0. The van der Waals surface area contributed by atoms with E-state index in [1.807, 2.05) is 0 Å². The third-order valence-corrected chi connectivity index (χ3v) is 15.0. The highest BCUT2D eigenvalue weighted by molar-refractivity contribution is 6.85. The lowest BCUT2D eigenvalue weighted by molar-refractivity contribution is 0.345. The second-order valence-electron chi connectivity index (χ2n) is 6.62. The zero-order valence-corrected chi connectivity index (χ0v) is 17.2. The minimum atomic E-state index is -2.00. The Morgan fingerprint density at radius 3 is 1.59 bits per heavy atom. The molecule has 0 radical (unpaired) electrons. The van der Waals surface area contributed by atoms with Crippen molar-refractivity contribution in [2.75, 3.05) is 0 Å². The highest BCUT2D eigenvalue weighted by Gasteiger charge is 2.37. The van der Waals surface area contributed by atoms with Crippen molar-refractivity contribution in [2.45, 2.75) is 65.3 Å². The fraction of sp³-hybridized carbons (Fsp3) is 1.00. The van der Waals surface area contributed by atoms with Gasteiger partial charge in [-0.3, -0.25) is 0 Å². The van der Waals surface area contributed by atoms with Crippen LogP contribution in [0.2, 0.25) is 58.4 Å². The van der Waals surface area contributed by atoms with Gasteiger partial charge in [0.15, 0.2) is 16.6 Å². The van der Waals surface area contributed by atoms with Crippen LogP contribution in [0.3, 0.4) is 0 Å².